The van der Waals surface area contributed by atoms with E-state index in [1.54, 1.807) is 0 Å². The molecule has 0 radical (unpaired) electrons. The lowest BCUT2D eigenvalue weighted by Crippen LogP contribution is -2.45. The Labute approximate surface area is 91.0 Å². The molecule has 5 heteroatoms. The van der Waals surface area contributed by atoms with Crippen LogP contribution in [-0.2, 0) is 9.47 Å². The molecule has 5 nitrogen and oxygen atoms in total. The highest BCUT2D eigenvalue weighted by molar-refractivity contribution is 5.78. The van der Waals surface area contributed by atoms with Crippen LogP contribution in [0.25, 0.3) is 0 Å². The predicted octanol–water partition coefficient (Wildman–Crippen LogP) is 0.105. The van der Waals surface area contributed by atoms with Gasteiger partial charge >= 0.3 is 0 Å². The zero-order valence-electron chi connectivity index (χ0n) is 9.75. The summed E-state index contributed by atoms with van der Waals surface area (Å²) in [6, 6.07) is 0. The normalized spacial score (nSPS) is 23.9. The highest BCUT2D eigenvalue weighted by Gasteiger charge is 2.14. The van der Waals surface area contributed by atoms with Crippen molar-refractivity contribution >= 4 is 5.96 Å². The second-order valence-corrected chi connectivity index (χ2v) is 4.67. The summed E-state index contributed by atoms with van der Waals surface area (Å²) in [6.07, 6.45) is 0.0408. The van der Waals surface area contributed by atoms with Gasteiger partial charge in [-0.3, -0.25) is 4.99 Å². The van der Waals surface area contributed by atoms with E-state index in [9.17, 15) is 0 Å². The summed E-state index contributed by atoms with van der Waals surface area (Å²) in [4.78, 5) is 4.21. The Kier molecular flexibility index (Phi) is 4.35. The van der Waals surface area contributed by atoms with E-state index in [2.05, 4.69) is 10.3 Å². The van der Waals surface area contributed by atoms with Crippen molar-refractivity contribution in [2.24, 2.45) is 10.7 Å². The Balaban J connectivity index is 2.29. The molecule has 1 aliphatic rings. The van der Waals surface area contributed by atoms with Crippen LogP contribution in [0.1, 0.15) is 20.8 Å². The molecule has 1 rings (SSSR count). The van der Waals surface area contributed by atoms with E-state index < -0.39 is 0 Å². The van der Waals surface area contributed by atoms with Crippen LogP contribution in [-0.4, -0.2) is 44.0 Å². The SMILES string of the molecule is CC(C)(C)NC(N)=NCC1COCCO1. The molecule has 0 aromatic heterocycles. The molecule has 1 atom stereocenters. The quantitative estimate of drug-likeness (QED) is 0.506. The molecule has 0 amide bonds. The molecule has 1 fully saturated rings. The molecule has 3 N–H and O–H groups in total. The van der Waals surface area contributed by atoms with Gasteiger partial charge in [0.1, 0.15) is 6.10 Å². The van der Waals surface area contributed by atoms with Gasteiger partial charge in [-0.05, 0) is 20.8 Å². The maximum atomic E-state index is 5.72. The van der Waals surface area contributed by atoms with Crippen LogP contribution in [0, 0.1) is 0 Å². The largest absolute Gasteiger partial charge is 0.376 e. The third-order valence-corrected chi connectivity index (χ3v) is 1.85. The standard InChI is InChI=1S/C10H21N3O2/c1-10(2,3)13-9(11)12-6-8-7-14-4-5-15-8/h8H,4-7H2,1-3H3,(H3,11,12,13). The smallest absolute Gasteiger partial charge is 0.189 e. The molecule has 0 bridgehead atoms. The molecular formula is C10H21N3O2. The Morgan fingerprint density at radius 2 is 2.20 bits per heavy atom. The summed E-state index contributed by atoms with van der Waals surface area (Å²) >= 11 is 0. The van der Waals surface area contributed by atoms with Crippen LogP contribution in [0.4, 0.5) is 0 Å². The van der Waals surface area contributed by atoms with E-state index >= 15 is 0 Å². The molecule has 1 saturated heterocycles. The van der Waals surface area contributed by atoms with Crippen LogP contribution < -0.4 is 11.1 Å². The molecule has 0 saturated carbocycles. The third-order valence-electron chi connectivity index (χ3n) is 1.85. The Bertz CT molecular complexity index is 217. The van der Waals surface area contributed by atoms with Crippen molar-refractivity contribution in [1.82, 2.24) is 5.32 Å². The molecule has 0 aromatic carbocycles. The third kappa shape index (κ3) is 5.59. The summed E-state index contributed by atoms with van der Waals surface area (Å²) < 4.78 is 10.7. The number of hydrogen-bond acceptors (Lipinski definition) is 3. The maximum Gasteiger partial charge on any atom is 0.189 e. The predicted molar refractivity (Wildman–Crippen MR) is 59.9 cm³/mol. The number of rotatable bonds is 2. The van der Waals surface area contributed by atoms with Crippen LogP contribution in [0.3, 0.4) is 0 Å². The molecule has 0 spiro atoms. The lowest BCUT2D eigenvalue weighted by Gasteiger charge is -2.23. The van der Waals surface area contributed by atoms with Crippen molar-refractivity contribution in [3.8, 4) is 0 Å². The summed E-state index contributed by atoms with van der Waals surface area (Å²) in [7, 11) is 0. The van der Waals surface area contributed by atoms with Crippen LogP contribution in [0.5, 0.6) is 0 Å². The summed E-state index contributed by atoms with van der Waals surface area (Å²) in [5.74, 6) is 0.455. The van der Waals surface area contributed by atoms with Gasteiger partial charge in [-0.2, -0.15) is 0 Å². The minimum Gasteiger partial charge on any atom is -0.376 e. The first-order chi connectivity index (χ1) is 6.97. The molecule has 1 aliphatic heterocycles. The van der Waals surface area contributed by atoms with E-state index in [0.717, 1.165) is 0 Å². The Morgan fingerprint density at radius 3 is 2.73 bits per heavy atom. The van der Waals surface area contributed by atoms with Crippen LogP contribution in [0.2, 0.25) is 0 Å². The van der Waals surface area contributed by atoms with E-state index in [4.69, 9.17) is 15.2 Å². The first kappa shape index (κ1) is 12.3. The number of nitrogens with one attached hydrogen (secondary N) is 1. The number of nitrogens with two attached hydrogens (primary N) is 1. The number of aliphatic imine (C=N–C) groups is 1. The molecule has 88 valence electrons. The van der Waals surface area contributed by atoms with Crippen molar-refractivity contribution in [1.29, 1.82) is 0 Å². The fraction of sp³-hybridized carbons (Fsp3) is 0.900. The van der Waals surface area contributed by atoms with Gasteiger partial charge in [0.25, 0.3) is 0 Å². The molecule has 1 unspecified atom stereocenters. The highest BCUT2D eigenvalue weighted by atomic mass is 16.6. The molecule has 15 heavy (non-hydrogen) atoms. The lowest BCUT2D eigenvalue weighted by atomic mass is 10.1. The minimum atomic E-state index is -0.0580. The average molecular weight is 215 g/mol. The van der Waals surface area contributed by atoms with Crippen molar-refractivity contribution in [2.45, 2.75) is 32.4 Å². The van der Waals surface area contributed by atoms with Crippen molar-refractivity contribution in [2.75, 3.05) is 26.4 Å². The van der Waals surface area contributed by atoms with Crippen LogP contribution in [0.15, 0.2) is 4.99 Å². The topological polar surface area (TPSA) is 68.9 Å². The Morgan fingerprint density at radius 1 is 1.47 bits per heavy atom. The van der Waals surface area contributed by atoms with Gasteiger partial charge in [-0.15, -0.1) is 0 Å². The number of guanidine groups is 1. The van der Waals surface area contributed by atoms with Crippen molar-refractivity contribution in [3.05, 3.63) is 0 Å². The van der Waals surface area contributed by atoms with Gasteiger partial charge < -0.3 is 20.5 Å². The second-order valence-electron chi connectivity index (χ2n) is 4.67. The van der Waals surface area contributed by atoms with E-state index in [0.29, 0.717) is 32.3 Å². The van der Waals surface area contributed by atoms with Gasteiger partial charge in [0, 0.05) is 5.54 Å². The fourth-order valence-corrected chi connectivity index (χ4v) is 1.27. The summed E-state index contributed by atoms with van der Waals surface area (Å²) in [5, 5.41) is 3.09. The zero-order chi connectivity index (χ0) is 11.3. The van der Waals surface area contributed by atoms with Gasteiger partial charge in [-0.1, -0.05) is 0 Å². The van der Waals surface area contributed by atoms with Crippen molar-refractivity contribution in [3.63, 3.8) is 0 Å². The van der Waals surface area contributed by atoms with E-state index in [1.165, 1.54) is 0 Å². The maximum absolute atomic E-state index is 5.72. The van der Waals surface area contributed by atoms with Crippen molar-refractivity contribution < 1.29 is 9.47 Å². The molecule has 0 aromatic rings. The average Bonchev–Trinajstić information content (AvgIpc) is 2.14. The number of nitrogens with zero attached hydrogens (tertiary/aromatic N) is 1. The Hall–Kier alpha value is -0.810. The van der Waals surface area contributed by atoms with Crippen LogP contribution >= 0.6 is 0 Å². The lowest BCUT2D eigenvalue weighted by molar-refractivity contribution is -0.0832. The summed E-state index contributed by atoms with van der Waals surface area (Å²) in [5.41, 5.74) is 5.66. The second kappa shape index (κ2) is 5.32. The minimum absolute atomic E-state index is 0.0408. The number of ether oxygens (including phenoxy) is 2. The van der Waals surface area contributed by atoms with Gasteiger partial charge in [0.05, 0.1) is 26.4 Å². The molecule has 1 heterocycles. The zero-order valence-corrected chi connectivity index (χ0v) is 9.75. The van der Waals surface area contributed by atoms with Gasteiger partial charge in [0.2, 0.25) is 0 Å². The number of hydrogen-bond donors (Lipinski definition) is 2. The van der Waals surface area contributed by atoms with E-state index in [1.807, 2.05) is 20.8 Å². The monoisotopic (exact) mass is 215 g/mol. The highest BCUT2D eigenvalue weighted by Crippen LogP contribution is 2.01. The first-order valence-electron chi connectivity index (χ1n) is 5.25. The molecular weight excluding hydrogens is 194 g/mol. The van der Waals surface area contributed by atoms with Gasteiger partial charge in [0.15, 0.2) is 5.96 Å². The first-order valence-corrected chi connectivity index (χ1v) is 5.25. The van der Waals surface area contributed by atoms with Gasteiger partial charge in [-0.25, -0.2) is 0 Å². The van der Waals surface area contributed by atoms with E-state index in [-0.39, 0.29) is 11.6 Å². The molecule has 0 aliphatic carbocycles. The summed E-state index contributed by atoms with van der Waals surface area (Å²) in [6.45, 7) is 8.59. The fourth-order valence-electron chi connectivity index (χ4n) is 1.27.